The number of hydrogen-bond donors (Lipinski definition) is 3. The Labute approximate surface area is 206 Å². The van der Waals surface area contributed by atoms with Crippen molar-refractivity contribution in [3.8, 4) is 0 Å². The van der Waals surface area contributed by atoms with Gasteiger partial charge in [-0.15, -0.1) is 0 Å². The number of aliphatic hydroxyl groups is 3. The highest BCUT2D eigenvalue weighted by molar-refractivity contribution is 5.86. The highest BCUT2D eigenvalue weighted by Gasteiger charge is 2.69. The Morgan fingerprint density at radius 3 is 2.35 bits per heavy atom. The number of aliphatic hydroxyl groups excluding tert-OH is 1. The molecule has 4 saturated carbocycles. The van der Waals surface area contributed by atoms with Gasteiger partial charge in [-0.05, 0) is 112 Å². The third-order valence-corrected chi connectivity index (χ3v) is 12.0. The molecule has 5 rings (SSSR count). The maximum Gasteiger partial charge on any atom is 0.217 e. The predicted molar refractivity (Wildman–Crippen MR) is 134 cm³/mol. The summed E-state index contributed by atoms with van der Waals surface area (Å²) in [5.74, 6) is 2.65. The Bertz CT molecular complexity index is 853. The van der Waals surface area contributed by atoms with Crippen LogP contribution in [0.5, 0.6) is 0 Å². The van der Waals surface area contributed by atoms with Gasteiger partial charge in [0.25, 0.3) is 0 Å². The molecule has 0 spiro atoms. The molecule has 194 valence electrons. The minimum atomic E-state index is -1.04. The number of ether oxygens (including phenoxy) is 1. The molecule has 11 atom stereocenters. The molecule has 5 aliphatic rings. The molecule has 34 heavy (non-hydrogen) atoms. The minimum Gasteiger partial charge on any atom is -0.476 e. The Hall–Kier alpha value is -0.650. The summed E-state index contributed by atoms with van der Waals surface area (Å²) >= 11 is 0. The standard InChI is InChI=1S/C29H49NO4/c1-8-17(2)19-9-10-20-23-21(13-22(31)28(19,20)7)26(5)11-12-29(33,15-18(26)14-27(23,6)32)24-30-25(3,4)16-34-24/h17-23,31-33H,8-16H2,1-7H3/t17-,18-,19-,20?,21?,22+,23?,26+,27?,28-,29-/m1/s1. The second-order valence-electron chi connectivity index (χ2n) is 14.4. The Morgan fingerprint density at radius 2 is 1.74 bits per heavy atom. The first-order valence-electron chi connectivity index (χ1n) is 14.0. The van der Waals surface area contributed by atoms with E-state index in [2.05, 4.69) is 34.6 Å². The zero-order chi connectivity index (χ0) is 24.9. The zero-order valence-corrected chi connectivity index (χ0v) is 22.6. The molecule has 0 radical (unpaired) electrons. The lowest BCUT2D eigenvalue weighted by Crippen LogP contribution is -2.66. The van der Waals surface area contributed by atoms with Crippen LogP contribution in [0.4, 0.5) is 0 Å². The van der Waals surface area contributed by atoms with E-state index in [0.29, 0.717) is 49.5 Å². The Morgan fingerprint density at radius 1 is 1.03 bits per heavy atom. The van der Waals surface area contributed by atoms with Crippen LogP contribution in [-0.2, 0) is 4.74 Å². The van der Waals surface area contributed by atoms with Crippen LogP contribution in [0.15, 0.2) is 4.99 Å². The lowest BCUT2D eigenvalue weighted by molar-refractivity contribution is -0.240. The van der Waals surface area contributed by atoms with Gasteiger partial charge in [-0.1, -0.05) is 34.1 Å². The molecule has 3 N–H and O–H groups in total. The summed E-state index contributed by atoms with van der Waals surface area (Å²) in [4.78, 5) is 4.73. The molecule has 5 nitrogen and oxygen atoms in total. The van der Waals surface area contributed by atoms with E-state index in [1.54, 1.807) is 0 Å². The Balaban J connectivity index is 1.47. The van der Waals surface area contributed by atoms with Crippen LogP contribution < -0.4 is 0 Å². The molecule has 0 aromatic carbocycles. The first-order valence-corrected chi connectivity index (χ1v) is 14.0. The number of rotatable bonds is 3. The van der Waals surface area contributed by atoms with Crippen molar-refractivity contribution in [3.05, 3.63) is 0 Å². The maximum atomic E-state index is 12.0. The minimum absolute atomic E-state index is 0.00455. The van der Waals surface area contributed by atoms with Gasteiger partial charge < -0.3 is 20.1 Å². The summed E-state index contributed by atoms with van der Waals surface area (Å²) in [6, 6.07) is 0. The average molecular weight is 476 g/mol. The fourth-order valence-electron chi connectivity index (χ4n) is 9.84. The van der Waals surface area contributed by atoms with Crippen molar-refractivity contribution in [3.63, 3.8) is 0 Å². The number of fused-ring (bicyclic) bond motifs is 5. The molecule has 1 aliphatic heterocycles. The molecular weight excluding hydrogens is 426 g/mol. The van der Waals surface area contributed by atoms with Crippen molar-refractivity contribution in [1.82, 2.24) is 0 Å². The van der Waals surface area contributed by atoms with E-state index in [9.17, 15) is 15.3 Å². The van der Waals surface area contributed by atoms with Gasteiger partial charge in [0.15, 0.2) is 0 Å². The van der Waals surface area contributed by atoms with Crippen molar-refractivity contribution in [2.24, 2.45) is 51.3 Å². The number of nitrogens with zero attached hydrogens (tertiary/aromatic N) is 1. The third-order valence-electron chi connectivity index (χ3n) is 12.0. The van der Waals surface area contributed by atoms with E-state index < -0.39 is 11.2 Å². The summed E-state index contributed by atoms with van der Waals surface area (Å²) in [7, 11) is 0. The van der Waals surface area contributed by atoms with Gasteiger partial charge in [-0.3, -0.25) is 0 Å². The van der Waals surface area contributed by atoms with E-state index >= 15 is 0 Å². The van der Waals surface area contributed by atoms with Gasteiger partial charge >= 0.3 is 0 Å². The summed E-state index contributed by atoms with van der Waals surface area (Å²) in [6.45, 7) is 16.0. The van der Waals surface area contributed by atoms with E-state index in [1.165, 1.54) is 6.42 Å². The van der Waals surface area contributed by atoms with Gasteiger partial charge in [0.2, 0.25) is 5.90 Å². The van der Waals surface area contributed by atoms with Gasteiger partial charge in [0, 0.05) is 0 Å². The topological polar surface area (TPSA) is 82.3 Å². The van der Waals surface area contributed by atoms with Crippen molar-refractivity contribution in [2.45, 2.75) is 123 Å². The zero-order valence-electron chi connectivity index (χ0n) is 22.6. The van der Waals surface area contributed by atoms with E-state index in [1.807, 2.05) is 13.8 Å². The summed E-state index contributed by atoms with van der Waals surface area (Å²) < 4.78 is 5.91. The summed E-state index contributed by atoms with van der Waals surface area (Å²) in [5, 5.41) is 35.5. The maximum absolute atomic E-state index is 12.0. The second-order valence-corrected chi connectivity index (χ2v) is 14.4. The van der Waals surface area contributed by atoms with Crippen LogP contribution >= 0.6 is 0 Å². The number of aliphatic imine (C=N–C) groups is 1. The fraction of sp³-hybridized carbons (Fsp3) is 0.966. The van der Waals surface area contributed by atoms with Crippen LogP contribution in [0, 0.1) is 46.3 Å². The van der Waals surface area contributed by atoms with Crippen LogP contribution in [0.1, 0.15) is 99.8 Å². The molecule has 5 heteroatoms. The Kier molecular flexibility index (Phi) is 5.65. The lowest BCUT2D eigenvalue weighted by atomic mass is 9.40. The monoisotopic (exact) mass is 475 g/mol. The molecule has 0 aromatic rings. The van der Waals surface area contributed by atoms with Gasteiger partial charge in [0.1, 0.15) is 12.2 Å². The highest BCUT2D eigenvalue weighted by Crippen LogP contribution is 2.70. The molecule has 0 amide bonds. The molecule has 4 unspecified atom stereocenters. The molecule has 4 aliphatic carbocycles. The van der Waals surface area contributed by atoms with Crippen molar-refractivity contribution in [1.29, 1.82) is 0 Å². The average Bonchev–Trinajstić information content (AvgIpc) is 3.30. The van der Waals surface area contributed by atoms with Crippen LogP contribution in [0.25, 0.3) is 0 Å². The first-order chi connectivity index (χ1) is 15.7. The first kappa shape index (κ1) is 25.0. The highest BCUT2D eigenvalue weighted by atomic mass is 16.5. The molecule has 0 bridgehead atoms. The quantitative estimate of drug-likeness (QED) is 0.539. The molecule has 0 aromatic heterocycles. The van der Waals surface area contributed by atoms with Crippen LogP contribution in [-0.4, -0.2) is 50.7 Å². The fourth-order valence-corrected chi connectivity index (χ4v) is 9.84. The van der Waals surface area contributed by atoms with Gasteiger partial charge in [-0.25, -0.2) is 4.99 Å². The van der Waals surface area contributed by atoms with E-state index in [0.717, 1.165) is 25.7 Å². The third kappa shape index (κ3) is 3.39. The summed E-state index contributed by atoms with van der Waals surface area (Å²) in [5.41, 5.74) is -2.23. The van der Waals surface area contributed by atoms with E-state index in [4.69, 9.17) is 9.73 Å². The van der Waals surface area contributed by atoms with Crippen molar-refractivity contribution in [2.75, 3.05) is 6.61 Å². The van der Waals surface area contributed by atoms with Crippen LogP contribution in [0.3, 0.4) is 0 Å². The van der Waals surface area contributed by atoms with Crippen molar-refractivity contribution >= 4 is 5.90 Å². The van der Waals surface area contributed by atoms with Gasteiger partial charge in [-0.2, -0.15) is 0 Å². The SMILES string of the molecule is CC[C@@H](C)[C@H]1CCC2C3C(C[C@H](O)[C@@]21C)[C@@]1(C)CC[C@](O)(C2=NC(C)(C)CO2)C[C@H]1CC3(C)O. The predicted octanol–water partition coefficient (Wildman–Crippen LogP) is 4.96. The second kappa shape index (κ2) is 7.68. The van der Waals surface area contributed by atoms with Crippen molar-refractivity contribution < 1.29 is 20.1 Å². The lowest BCUT2D eigenvalue weighted by Gasteiger charge is -2.66. The molecule has 1 heterocycles. The van der Waals surface area contributed by atoms with Crippen LogP contribution in [0.2, 0.25) is 0 Å². The number of hydrogen-bond acceptors (Lipinski definition) is 5. The smallest absolute Gasteiger partial charge is 0.217 e. The molecule has 4 fully saturated rings. The van der Waals surface area contributed by atoms with Gasteiger partial charge in [0.05, 0.1) is 17.2 Å². The summed E-state index contributed by atoms with van der Waals surface area (Å²) in [6.07, 6.45) is 6.71. The normalized spacial score (nSPS) is 54.9. The molecule has 0 saturated heterocycles. The molecular formula is C29H49NO4. The van der Waals surface area contributed by atoms with E-state index in [-0.39, 0.29) is 40.2 Å². The largest absolute Gasteiger partial charge is 0.476 e.